The molecule has 0 aliphatic rings. The standard InChI is InChI=1S/C17H14Cl2N2O5/c1-25-15(22)9-3-5-11(16(23)26-2)13(7-9)20-17(24)21-14-8-10(18)4-6-12(14)19/h3-8H,1-2H3,(H2,20,21,24). The Balaban J connectivity index is 2.30. The average Bonchev–Trinajstić information content (AvgIpc) is 2.63. The second-order valence-corrected chi connectivity index (χ2v) is 5.79. The van der Waals surface area contributed by atoms with Gasteiger partial charge in [0.05, 0.1) is 41.7 Å². The molecule has 0 aromatic heterocycles. The summed E-state index contributed by atoms with van der Waals surface area (Å²) in [5, 5.41) is 5.65. The Morgan fingerprint density at radius 1 is 0.846 bits per heavy atom. The van der Waals surface area contributed by atoms with E-state index in [1.54, 1.807) is 6.07 Å². The minimum atomic E-state index is -0.693. The molecule has 0 fully saturated rings. The highest BCUT2D eigenvalue weighted by Crippen LogP contribution is 2.26. The van der Waals surface area contributed by atoms with E-state index >= 15 is 0 Å². The van der Waals surface area contributed by atoms with Crippen molar-refractivity contribution in [2.75, 3.05) is 24.9 Å². The number of amides is 2. The maximum absolute atomic E-state index is 12.3. The van der Waals surface area contributed by atoms with Crippen molar-refractivity contribution in [3.8, 4) is 0 Å². The first-order chi connectivity index (χ1) is 12.3. The second-order valence-electron chi connectivity index (χ2n) is 4.95. The van der Waals surface area contributed by atoms with E-state index in [1.807, 2.05) is 0 Å². The molecule has 0 saturated heterocycles. The molecule has 0 aliphatic heterocycles. The highest BCUT2D eigenvalue weighted by molar-refractivity contribution is 6.35. The number of rotatable bonds is 4. The van der Waals surface area contributed by atoms with Crippen LogP contribution < -0.4 is 10.6 Å². The van der Waals surface area contributed by atoms with Gasteiger partial charge >= 0.3 is 18.0 Å². The molecule has 0 unspecified atom stereocenters. The van der Waals surface area contributed by atoms with E-state index in [9.17, 15) is 14.4 Å². The molecule has 2 N–H and O–H groups in total. The van der Waals surface area contributed by atoms with Gasteiger partial charge in [-0.25, -0.2) is 14.4 Å². The number of hydrogen-bond acceptors (Lipinski definition) is 5. The van der Waals surface area contributed by atoms with Gasteiger partial charge in [-0.05, 0) is 36.4 Å². The molecule has 136 valence electrons. The molecule has 0 radical (unpaired) electrons. The van der Waals surface area contributed by atoms with Crippen molar-refractivity contribution in [3.63, 3.8) is 0 Å². The Morgan fingerprint density at radius 2 is 1.50 bits per heavy atom. The third-order valence-corrected chi connectivity index (χ3v) is 3.84. The molecule has 0 heterocycles. The van der Waals surface area contributed by atoms with Crippen LogP contribution in [-0.4, -0.2) is 32.2 Å². The topological polar surface area (TPSA) is 93.7 Å². The van der Waals surface area contributed by atoms with Crippen molar-refractivity contribution in [3.05, 3.63) is 57.6 Å². The summed E-state index contributed by atoms with van der Waals surface area (Å²) in [6.45, 7) is 0. The Morgan fingerprint density at radius 3 is 2.15 bits per heavy atom. The highest BCUT2D eigenvalue weighted by atomic mass is 35.5. The number of urea groups is 1. The first-order valence-electron chi connectivity index (χ1n) is 7.19. The number of anilines is 2. The SMILES string of the molecule is COC(=O)c1ccc(C(=O)OC)c(NC(=O)Nc2cc(Cl)ccc2Cl)c1. The molecular weight excluding hydrogens is 383 g/mol. The lowest BCUT2D eigenvalue weighted by atomic mass is 10.1. The van der Waals surface area contributed by atoms with Crippen molar-refractivity contribution in [2.24, 2.45) is 0 Å². The first-order valence-corrected chi connectivity index (χ1v) is 7.95. The minimum Gasteiger partial charge on any atom is -0.465 e. The van der Waals surface area contributed by atoms with Gasteiger partial charge in [0.1, 0.15) is 0 Å². The molecule has 26 heavy (non-hydrogen) atoms. The summed E-state index contributed by atoms with van der Waals surface area (Å²) >= 11 is 11.9. The van der Waals surface area contributed by atoms with Gasteiger partial charge < -0.3 is 20.1 Å². The monoisotopic (exact) mass is 396 g/mol. The zero-order valence-corrected chi connectivity index (χ0v) is 15.3. The number of benzene rings is 2. The number of carbonyl (C=O) groups excluding carboxylic acids is 3. The van der Waals surface area contributed by atoms with E-state index < -0.39 is 18.0 Å². The number of methoxy groups -OCH3 is 2. The summed E-state index contributed by atoms with van der Waals surface area (Å²) in [7, 11) is 2.42. The Labute approximate surface area is 159 Å². The average molecular weight is 397 g/mol. The van der Waals surface area contributed by atoms with E-state index in [2.05, 4.69) is 20.1 Å². The molecule has 2 amide bonds. The van der Waals surface area contributed by atoms with E-state index in [1.165, 1.54) is 44.6 Å². The fourth-order valence-corrected chi connectivity index (χ4v) is 2.39. The Kier molecular flexibility index (Phi) is 6.43. The molecule has 2 aromatic rings. The number of carbonyl (C=O) groups is 3. The molecule has 2 aromatic carbocycles. The number of ether oxygens (including phenoxy) is 2. The maximum atomic E-state index is 12.3. The summed E-state index contributed by atoms with van der Waals surface area (Å²) in [6.07, 6.45) is 0. The van der Waals surface area contributed by atoms with Crippen LogP contribution in [0.4, 0.5) is 16.2 Å². The van der Waals surface area contributed by atoms with E-state index in [-0.39, 0.29) is 27.5 Å². The highest BCUT2D eigenvalue weighted by Gasteiger charge is 2.17. The van der Waals surface area contributed by atoms with Crippen LogP contribution in [0.25, 0.3) is 0 Å². The van der Waals surface area contributed by atoms with Crippen LogP contribution in [0.15, 0.2) is 36.4 Å². The van der Waals surface area contributed by atoms with Gasteiger partial charge in [-0.1, -0.05) is 23.2 Å². The third-order valence-electron chi connectivity index (χ3n) is 3.27. The van der Waals surface area contributed by atoms with Gasteiger partial charge in [0, 0.05) is 5.02 Å². The van der Waals surface area contributed by atoms with Crippen LogP contribution in [0.5, 0.6) is 0 Å². The van der Waals surface area contributed by atoms with Crippen LogP contribution in [0.1, 0.15) is 20.7 Å². The molecule has 9 heteroatoms. The van der Waals surface area contributed by atoms with Crippen LogP contribution >= 0.6 is 23.2 Å². The summed E-state index contributed by atoms with van der Waals surface area (Å²) < 4.78 is 9.30. The van der Waals surface area contributed by atoms with Gasteiger partial charge in [-0.3, -0.25) is 0 Å². The molecular formula is C17H14Cl2N2O5. The normalized spacial score (nSPS) is 10.0. The summed E-state index contributed by atoms with van der Waals surface area (Å²) in [5.41, 5.74) is 0.555. The van der Waals surface area contributed by atoms with Crippen LogP contribution in [-0.2, 0) is 9.47 Å². The Bertz CT molecular complexity index is 870. The predicted octanol–water partition coefficient (Wildman–Crippen LogP) is 4.21. The quantitative estimate of drug-likeness (QED) is 0.754. The lowest BCUT2D eigenvalue weighted by Crippen LogP contribution is -2.22. The fourth-order valence-electron chi connectivity index (χ4n) is 2.05. The van der Waals surface area contributed by atoms with Crippen LogP contribution in [0.2, 0.25) is 10.0 Å². The molecule has 0 aliphatic carbocycles. The smallest absolute Gasteiger partial charge is 0.339 e. The molecule has 7 nitrogen and oxygen atoms in total. The van der Waals surface area contributed by atoms with Gasteiger partial charge in [0.25, 0.3) is 0 Å². The largest absolute Gasteiger partial charge is 0.465 e. The van der Waals surface area contributed by atoms with E-state index in [0.717, 1.165) is 0 Å². The van der Waals surface area contributed by atoms with Crippen LogP contribution in [0, 0.1) is 0 Å². The minimum absolute atomic E-state index is 0.0625. The Hall–Kier alpha value is -2.77. The van der Waals surface area contributed by atoms with Crippen LogP contribution in [0.3, 0.4) is 0 Å². The molecule has 0 atom stereocenters. The van der Waals surface area contributed by atoms with E-state index in [4.69, 9.17) is 23.2 Å². The third kappa shape index (κ3) is 4.65. The molecule has 2 rings (SSSR count). The van der Waals surface area contributed by atoms with Crippen molar-refractivity contribution in [1.29, 1.82) is 0 Å². The number of nitrogens with one attached hydrogen (secondary N) is 2. The van der Waals surface area contributed by atoms with Gasteiger partial charge in [0.15, 0.2) is 0 Å². The van der Waals surface area contributed by atoms with Gasteiger partial charge in [-0.2, -0.15) is 0 Å². The van der Waals surface area contributed by atoms with Gasteiger partial charge in [0.2, 0.25) is 0 Å². The number of hydrogen-bond donors (Lipinski definition) is 2. The van der Waals surface area contributed by atoms with E-state index in [0.29, 0.717) is 5.02 Å². The lowest BCUT2D eigenvalue weighted by molar-refractivity contribution is 0.0587. The zero-order chi connectivity index (χ0) is 19.3. The predicted molar refractivity (Wildman–Crippen MR) is 98.2 cm³/mol. The summed E-state index contributed by atoms with van der Waals surface area (Å²) in [6, 6.07) is 7.91. The second kappa shape index (κ2) is 8.55. The lowest BCUT2D eigenvalue weighted by Gasteiger charge is -2.13. The number of esters is 2. The number of halogens is 2. The summed E-state index contributed by atoms with van der Waals surface area (Å²) in [4.78, 5) is 35.8. The van der Waals surface area contributed by atoms with Crippen molar-refractivity contribution in [2.45, 2.75) is 0 Å². The van der Waals surface area contributed by atoms with Crippen molar-refractivity contribution >= 4 is 52.5 Å². The fraction of sp³-hybridized carbons (Fsp3) is 0.118. The summed E-state index contributed by atoms with van der Waals surface area (Å²) in [5.74, 6) is -1.31. The molecule has 0 bridgehead atoms. The zero-order valence-electron chi connectivity index (χ0n) is 13.8. The van der Waals surface area contributed by atoms with Crippen molar-refractivity contribution in [1.82, 2.24) is 0 Å². The molecule has 0 saturated carbocycles. The maximum Gasteiger partial charge on any atom is 0.339 e. The first kappa shape index (κ1) is 19.6. The molecule has 0 spiro atoms. The van der Waals surface area contributed by atoms with Gasteiger partial charge in [-0.15, -0.1) is 0 Å². The van der Waals surface area contributed by atoms with Crippen molar-refractivity contribution < 1.29 is 23.9 Å².